The zero-order valence-corrected chi connectivity index (χ0v) is 14.1. The van der Waals surface area contributed by atoms with Crippen molar-refractivity contribution < 1.29 is 14.7 Å². The number of aliphatic carboxylic acids is 1. The van der Waals surface area contributed by atoms with Gasteiger partial charge in [0.1, 0.15) is 12.4 Å². The van der Waals surface area contributed by atoms with Gasteiger partial charge in [-0.1, -0.05) is 42.5 Å². The Labute approximate surface area is 146 Å². The van der Waals surface area contributed by atoms with E-state index in [2.05, 4.69) is 10.3 Å². The van der Waals surface area contributed by atoms with E-state index in [4.69, 9.17) is 5.11 Å². The average Bonchev–Trinajstić information content (AvgIpc) is 2.66. The van der Waals surface area contributed by atoms with Gasteiger partial charge in [0.2, 0.25) is 5.91 Å². The van der Waals surface area contributed by atoms with Gasteiger partial charge in [0, 0.05) is 18.4 Å². The number of aryl methyl sites for hydroxylation is 1. The van der Waals surface area contributed by atoms with Crippen LogP contribution < -0.4 is 5.32 Å². The molecule has 1 heterocycles. The van der Waals surface area contributed by atoms with Crippen LogP contribution in [0.1, 0.15) is 17.1 Å². The number of carboxylic acids is 1. The van der Waals surface area contributed by atoms with Crippen molar-refractivity contribution >= 4 is 11.9 Å². The van der Waals surface area contributed by atoms with Crippen molar-refractivity contribution in [2.75, 3.05) is 6.54 Å². The summed E-state index contributed by atoms with van der Waals surface area (Å²) in [7, 11) is 0. The van der Waals surface area contributed by atoms with Gasteiger partial charge in [-0.3, -0.25) is 9.59 Å². The molecule has 130 valence electrons. The topological polar surface area (TPSA) is 84.2 Å². The Morgan fingerprint density at radius 3 is 2.48 bits per heavy atom. The van der Waals surface area contributed by atoms with Crippen LogP contribution in [0, 0.1) is 6.92 Å². The van der Waals surface area contributed by atoms with Crippen molar-refractivity contribution in [3.63, 3.8) is 0 Å². The number of nitrogens with zero attached hydrogens (tertiary/aromatic N) is 2. The molecule has 2 rings (SSSR count). The van der Waals surface area contributed by atoms with E-state index in [-0.39, 0.29) is 12.3 Å². The molecule has 0 aliphatic rings. The highest BCUT2D eigenvalue weighted by Gasteiger charge is 2.09. The number of carbonyl (C=O) groups excluding carboxylic acids is 1. The maximum absolute atomic E-state index is 12.1. The lowest BCUT2D eigenvalue weighted by molar-refractivity contribution is -0.137. The highest BCUT2D eigenvalue weighted by atomic mass is 16.4. The third-order valence-corrected chi connectivity index (χ3v) is 3.41. The molecule has 2 N–H and O–H groups in total. The van der Waals surface area contributed by atoms with Gasteiger partial charge in [-0.25, -0.2) is 4.98 Å². The zero-order chi connectivity index (χ0) is 18.1. The molecule has 0 unspecified atom stereocenters. The first-order valence-electron chi connectivity index (χ1n) is 7.93. The van der Waals surface area contributed by atoms with Gasteiger partial charge >= 0.3 is 5.97 Å². The largest absolute Gasteiger partial charge is 0.480 e. The van der Waals surface area contributed by atoms with Gasteiger partial charge in [-0.15, -0.1) is 0 Å². The third-order valence-electron chi connectivity index (χ3n) is 3.41. The molecule has 0 atom stereocenters. The molecular weight excluding hydrogens is 318 g/mol. The van der Waals surface area contributed by atoms with E-state index >= 15 is 0 Å². The fraction of sp³-hybridized carbons (Fsp3) is 0.211. The minimum absolute atomic E-state index is 0.00433. The summed E-state index contributed by atoms with van der Waals surface area (Å²) in [4.78, 5) is 27.2. The standard InChI is InChI=1S/C19H21N3O3/c1-15-8-4-3-7-11-22(14-16-9-5-2-6-10-16)17(21-15)12-18(23)20-13-19(24)25/h2-11H,12-14H2,1H3,(H,20,23)(H,24,25). The summed E-state index contributed by atoms with van der Waals surface area (Å²) in [5.74, 6) is -0.904. The van der Waals surface area contributed by atoms with E-state index in [9.17, 15) is 9.59 Å². The second-order valence-corrected chi connectivity index (χ2v) is 5.52. The summed E-state index contributed by atoms with van der Waals surface area (Å²) in [5, 5.41) is 11.1. The Bertz CT molecular complexity index is 784. The van der Waals surface area contributed by atoms with E-state index in [1.807, 2.05) is 72.3 Å². The predicted molar refractivity (Wildman–Crippen MR) is 94.5 cm³/mol. The lowest BCUT2D eigenvalue weighted by atomic mass is 10.2. The molecule has 6 nitrogen and oxygen atoms in total. The summed E-state index contributed by atoms with van der Waals surface area (Å²) in [5.41, 5.74) is 1.84. The molecule has 0 spiro atoms. The van der Waals surface area contributed by atoms with Crippen LogP contribution in [-0.2, 0) is 22.6 Å². The van der Waals surface area contributed by atoms with Gasteiger partial charge in [-0.2, -0.15) is 0 Å². The summed E-state index contributed by atoms with van der Waals surface area (Å²) < 4.78 is 1.89. The zero-order valence-electron chi connectivity index (χ0n) is 14.1. The molecule has 0 saturated carbocycles. The summed E-state index contributed by atoms with van der Waals surface area (Å²) in [6.07, 6.45) is 1.86. The number of nitrogens with one attached hydrogen (secondary N) is 1. The molecular formula is C19H21N3O3. The SMILES string of the molecule is Cc1cccccn(Cc2ccccc2)c(CC(=O)NCC(=O)O)n1. The molecule has 1 aromatic carbocycles. The lowest BCUT2D eigenvalue weighted by Gasteiger charge is -2.11. The van der Waals surface area contributed by atoms with E-state index in [1.165, 1.54) is 0 Å². The Morgan fingerprint density at radius 1 is 1.08 bits per heavy atom. The number of benzene rings is 1. The maximum atomic E-state index is 12.1. The second kappa shape index (κ2) is 9.22. The van der Waals surface area contributed by atoms with Crippen LogP contribution in [-0.4, -0.2) is 33.1 Å². The van der Waals surface area contributed by atoms with E-state index in [0.717, 1.165) is 11.3 Å². The lowest BCUT2D eigenvalue weighted by Crippen LogP contribution is -2.31. The van der Waals surface area contributed by atoms with E-state index in [1.54, 1.807) is 0 Å². The summed E-state index contributed by atoms with van der Waals surface area (Å²) >= 11 is 0. The van der Waals surface area contributed by atoms with Crippen LogP contribution in [0.2, 0.25) is 0 Å². The summed E-state index contributed by atoms with van der Waals surface area (Å²) in [6.45, 7) is 2.01. The Kier molecular flexibility index (Phi) is 6.71. The smallest absolute Gasteiger partial charge is 0.322 e. The van der Waals surface area contributed by atoms with E-state index < -0.39 is 12.5 Å². The van der Waals surface area contributed by atoms with Crippen molar-refractivity contribution in [3.8, 4) is 0 Å². The number of carbonyl (C=O) groups is 2. The van der Waals surface area contributed by atoms with Gasteiger partial charge in [0.25, 0.3) is 0 Å². The van der Waals surface area contributed by atoms with Crippen molar-refractivity contribution in [1.29, 1.82) is 0 Å². The van der Waals surface area contributed by atoms with Crippen LogP contribution in [0.15, 0.2) is 60.8 Å². The molecule has 2 aromatic rings. The van der Waals surface area contributed by atoms with Gasteiger partial charge in [-0.05, 0) is 24.6 Å². The van der Waals surface area contributed by atoms with Crippen molar-refractivity contribution in [2.24, 2.45) is 0 Å². The number of amides is 1. The van der Waals surface area contributed by atoms with Gasteiger partial charge in [0.05, 0.1) is 6.42 Å². The Morgan fingerprint density at radius 2 is 1.76 bits per heavy atom. The molecule has 0 aliphatic carbocycles. The molecule has 0 saturated heterocycles. The van der Waals surface area contributed by atoms with Gasteiger partial charge < -0.3 is 15.0 Å². The first kappa shape index (κ1) is 18.2. The molecule has 0 fully saturated rings. The average molecular weight is 339 g/mol. The number of rotatable bonds is 6. The molecule has 0 radical (unpaired) electrons. The van der Waals surface area contributed by atoms with Crippen LogP contribution in [0.4, 0.5) is 0 Å². The molecule has 0 bridgehead atoms. The molecule has 1 amide bonds. The quantitative estimate of drug-likeness (QED) is 0.844. The number of carboxylic acid groups (broad SMARTS) is 1. The van der Waals surface area contributed by atoms with Crippen molar-refractivity contribution in [1.82, 2.24) is 14.9 Å². The first-order chi connectivity index (χ1) is 12.0. The number of aromatic nitrogens is 2. The first-order valence-corrected chi connectivity index (χ1v) is 7.93. The van der Waals surface area contributed by atoms with Crippen LogP contribution in [0.3, 0.4) is 0 Å². The minimum Gasteiger partial charge on any atom is -0.480 e. The minimum atomic E-state index is -1.08. The highest BCUT2D eigenvalue weighted by molar-refractivity contribution is 5.82. The van der Waals surface area contributed by atoms with Gasteiger partial charge in [0.15, 0.2) is 0 Å². The molecule has 6 heteroatoms. The van der Waals surface area contributed by atoms with Crippen LogP contribution >= 0.6 is 0 Å². The molecule has 0 aliphatic heterocycles. The van der Waals surface area contributed by atoms with E-state index in [0.29, 0.717) is 12.4 Å². The Hall–Kier alpha value is -3.15. The fourth-order valence-corrected chi connectivity index (χ4v) is 2.25. The molecule has 1 aromatic heterocycles. The van der Waals surface area contributed by atoms with Crippen molar-refractivity contribution in [2.45, 2.75) is 19.9 Å². The Balaban J connectivity index is 2.36. The summed E-state index contributed by atoms with van der Waals surface area (Å²) in [6, 6.07) is 17.4. The normalized spacial score (nSPS) is 9.96. The van der Waals surface area contributed by atoms with Crippen LogP contribution in [0.5, 0.6) is 0 Å². The monoisotopic (exact) mass is 339 g/mol. The third kappa shape index (κ3) is 6.47. The molecule has 25 heavy (non-hydrogen) atoms. The second-order valence-electron chi connectivity index (χ2n) is 5.52. The number of hydrogen-bond donors (Lipinski definition) is 2. The number of hydrogen-bond acceptors (Lipinski definition) is 3. The fourth-order valence-electron chi connectivity index (χ4n) is 2.25. The van der Waals surface area contributed by atoms with Crippen LogP contribution in [0.25, 0.3) is 0 Å². The highest BCUT2D eigenvalue weighted by Crippen LogP contribution is 2.05. The van der Waals surface area contributed by atoms with Crippen molar-refractivity contribution in [3.05, 3.63) is 77.9 Å². The maximum Gasteiger partial charge on any atom is 0.322 e. The predicted octanol–water partition coefficient (Wildman–Crippen LogP) is 2.11.